The van der Waals surface area contributed by atoms with E-state index in [0.29, 0.717) is 25.0 Å². The van der Waals surface area contributed by atoms with E-state index in [1.54, 1.807) is 0 Å². The van der Waals surface area contributed by atoms with Gasteiger partial charge in [0.25, 0.3) is 0 Å². The number of hydrogen-bond acceptors (Lipinski definition) is 3. The lowest BCUT2D eigenvalue weighted by Gasteiger charge is -2.36. The smallest absolute Gasteiger partial charge is 0.234 e. The van der Waals surface area contributed by atoms with Crippen molar-refractivity contribution in [3.63, 3.8) is 0 Å². The van der Waals surface area contributed by atoms with E-state index in [0.717, 1.165) is 19.4 Å². The summed E-state index contributed by atoms with van der Waals surface area (Å²) in [7, 11) is 0. The Labute approximate surface area is 98.0 Å². The normalized spacial score (nSPS) is 16.6. The SMILES string of the molecule is CC(C)CNC(=O)CN(CCO)C1CCC1. The summed E-state index contributed by atoms with van der Waals surface area (Å²) in [5, 5.41) is 11.9. The minimum absolute atomic E-state index is 0.0778. The van der Waals surface area contributed by atoms with Crippen LogP contribution in [-0.4, -0.2) is 48.2 Å². The average Bonchev–Trinajstić information content (AvgIpc) is 2.12. The number of aliphatic hydroxyl groups is 1. The molecule has 0 atom stereocenters. The quantitative estimate of drug-likeness (QED) is 0.671. The number of hydrogen-bond donors (Lipinski definition) is 2. The summed E-state index contributed by atoms with van der Waals surface area (Å²) < 4.78 is 0. The van der Waals surface area contributed by atoms with Crippen LogP contribution in [0.4, 0.5) is 0 Å². The number of carbonyl (C=O) groups is 1. The summed E-state index contributed by atoms with van der Waals surface area (Å²) in [6.45, 7) is 6.07. The number of aliphatic hydroxyl groups excluding tert-OH is 1. The number of amides is 1. The molecule has 0 radical (unpaired) electrons. The van der Waals surface area contributed by atoms with Gasteiger partial charge in [-0.1, -0.05) is 20.3 Å². The number of carbonyl (C=O) groups excluding carboxylic acids is 1. The van der Waals surface area contributed by atoms with Crippen LogP contribution in [0, 0.1) is 5.92 Å². The summed E-state index contributed by atoms with van der Waals surface area (Å²) in [6, 6.07) is 0.511. The van der Waals surface area contributed by atoms with Gasteiger partial charge in [-0.25, -0.2) is 0 Å². The van der Waals surface area contributed by atoms with Crippen LogP contribution in [0.5, 0.6) is 0 Å². The van der Waals surface area contributed by atoms with E-state index in [9.17, 15) is 4.79 Å². The van der Waals surface area contributed by atoms with E-state index in [2.05, 4.69) is 24.1 Å². The maximum atomic E-state index is 11.6. The van der Waals surface area contributed by atoms with E-state index in [1.165, 1.54) is 6.42 Å². The Morgan fingerprint density at radius 2 is 2.19 bits per heavy atom. The summed E-state index contributed by atoms with van der Waals surface area (Å²) >= 11 is 0. The molecule has 1 fully saturated rings. The van der Waals surface area contributed by atoms with Crippen molar-refractivity contribution < 1.29 is 9.90 Å². The zero-order chi connectivity index (χ0) is 12.0. The van der Waals surface area contributed by atoms with Crippen molar-refractivity contribution >= 4 is 5.91 Å². The van der Waals surface area contributed by atoms with Gasteiger partial charge in [0.1, 0.15) is 0 Å². The molecule has 0 aromatic carbocycles. The standard InChI is InChI=1S/C12H24N2O2/c1-10(2)8-13-12(16)9-14(6-7-15)11-4-3-5-11/h10-11,15H,3-9H2,1-2H3,(H,13,16). The van der Waals surface area contributed by atoms with Gasteiger partial charge in [-0.05, 0) is 18.8 Å². The summed E-state index contributed by atoms with van der Waals surface area (Å²) in [5.41, 5.74) is 0. The van der Waals surface area contributed by atoms with Crippen LogP contribution in [0.3, 0.4) is 0 Å². The molecular formula is C12H24N2O2. The first-order valence-electron chi connectivity index (χ1n) is 6.25. The van der Waals surface area contributed by atoms with Crippen molar-refractivity contribution in [3.05, 3.63) is 0 Å². The summed E-state index contributed by atoms with van der Waals surface area (Å²) in [4.78, 5) is 13.7. The van der Waals surface area contributed by atoms with Crippen molar-refractivity contribution in [1.29, 1.82) is 0 Å². The van der Waals surface area contributed by atoms with Crippen LogP contribution in [0.15, 0.2) is 0 Å². The largest absolute Gasteiger partial charge is 0.395 e. The molecule has 1 aliphatic rings. The first-order chi connectivity index (χ1) is 7.63. The Morgan fingerprint density at radius 3 is 2.62 bits per heavy atom. The monoisotopic (exact) mass is 228 g/mol. The first-order valence-corrected chi connectivity index (χ1v) is 6.25. The van der Waals surface area contributed by atoms with E-state index in [-0.39, 0.29) is 12.5 Å². The molecule has 1 saturated carbocycles. The molecule has 1 rings (SSSR count). The highest BCUT2D eigenvalue weighted by Gasteiger charge is 2.25. The molecule has 0 spiro atoms. The second-order valence-corrected chi connectivity index (χ2v) is 4.98. The third-order valence-corrected chi connectivity index (χ3v) is 3.03. The first kappa shape index (κ1) is 13.5. The predicted molar refractivity (Wildman–Crippen MR) is 64.1 cm³/mol. The highest BCUT2D eigenvalue weighted by atomic mass is 16.3. The minimum atomic E-state index is 0.0778. The Morgan fingerprint density at radius 1 is 1.50 bits per heavy atom. The van der Waals surface area contributed by atoms with Gasteiger partial charge >= 0.3 is 0 Å². The van der Waals surface area contributed by atoms with Gasteiger partial charge in [0.15, 0.2) is 0 Å². The van der Waals surface area contributed by atoms with Crippen LogP contribution in [0.2, 0.25) is 0 Å². The molecule has 0 aromatic rings. The maximum Gasteiger partial charge on any atom is 0.234 e. The van der Waals surface area contributed by atoms with Gasteiger partial charge < -0.3 is 10.4 Å². The zero-order valence-electron chi connectivity index (χ0n) is 10.4. The molecule has 94 valence electrons. The second kappa shape index (κ2) is 6.86. The van der Waals surface area contributed by atoms with Gasteiger partial charge in [0.05, 0.1) is 13.2 Å². The zero-order valence-corrected chi connectivity index (χ0v) is 10.4. The highest BCUT2D eigenvalue weighted by molar-refractivity contribution is 5.78. The van der Waals surface area contributed by atoms with E-state index >= 15 is 0 Å². The summed E-state index contributed by atoms with van der Waals surface area (Å²) in [5.74, 6) is 0.563. The van der Waals surface area contributed by atoms with Crippen LogP contribution in [-0.2, 0) is 4.79 Å². The molecule has 0 aromatic heterocycles. The predicted octanol–water partition coefficient (Wildman–Crippen LogP) is 0.605. The maximum absolute atomic E-state index is 11.6. The van der Waals surface area contributed by atoms with Gasteiger partial charge in [0.2, 0.25) is 5.91 Å². The van der Waals surface area contributed by atoms with Crippen LogP contribution in [0.25, 0.3) is 0 Å². The van der Waals surface area contributed by atoms with Crippen molar-refractivity contribution in [1.82, 2.24) is 10.2 Å². The second-order valence-electron chi connectivity index (χ2n) is 4.98. The lowest BCUT2D eigenvalue weighted by Crippen LogP contribution is -2.47. The lowest BCUT2D eigenvalue weighted by atomic mass is 9.91. The molecule has 0 heterocycles. The fourth-order valence-electron chi connectivity index (χ4n) is 1.83. The van der Waals surface area contributed by atoms with Crippen molar-refractivity contribution in [2.45, 2.75) is 39.2 Å². The molecule has 0 unspecified atom stereocenters. The Bertz CT molecular complexity index is 215. The Kier molecular flexibility index (Phi) is 5.77. The highest BCUT2D eigenvalue weighted by Crippen LogP contribution is 2.24. The number of nitrogens with zero attached hydrogens (tertiary/aromatic N) is 1. The van der Waals surface area contributed by atoms with Gasteiger partial charge in [0, 0.05) is 19.1 Å². The van der Waals surface area contributed by atoms with E-state index < -0.39 is 0 Å². The molecular weight excluding hydrogens is 204 g/mol. The fraction of sp³-hybridized carbons (Fsp3) is 0.917. The van der Waals surface area contributed by atoms with Gasteiger partial charge in [-0.15, -0.1) is 0 Å². The Balaban J connectivity index is 2.26. The van der Waals surface area contributed by atoms with Crippen LogP contribution < -0.4 is 5.32 Å². The van der Waals surface area contributed by atoms with Gasteiger partial charge in [-0.3, -0.25) is 9.69 Å². The third kappa shape index (κ3) is 4.49. The topological polar surface area (TPSA) is 52.6 Å². The third-order valence-electron chi connectivity index (χ3n) is 3.03. The van der Waals surface area contributed by atoms with Crippen LogP contribution in [0.1, 0.15) is 33.1 Å². The lowest BCUT2D eigenvalue weighted by molar-refractivity contribution is -0.123. The van der Waals surface area contributed by atoms with E-state index in [1.807, 2.05) is 0 Å². The van der Waals surface area contributed by atoms with Crippen LogP contribution >= 0.6 is 0 Å². The molecule has 4 nitrogen and oxygen atoms in total. The number of rotatable bonds is 7. The number of nitrogens with one attached hydrogen (secondary N) is 1. The Hall–Kier alpha value is -0.610. The molecule has 1 amide bonds. The van der Waals surface area contributed by atoms with Crippen molar-refractivity contribution in [3.8, 4) is 0 Å². The summed E-state index contributed by atoms with van der Waals surface area (Å²) in [6.07, 6.45) is 3.58. The van der Waals surface area contributed by atoms with Gasteiger partial charge in [-0.2, -0.15) is 0 Å². The molecule has 4 heteroatoms. The van der Waals surface area contributed by atoms with E-state index in [4.69, 9.17) is 5.11 Å². The molecule has 0 bridgehead atoms. The minimum Gasteiger partial charge on any atom is -0.395 e. The molecule has 1 aliphatic carbocycles. The van der Waals surface area contributed by atoms with Crippen molar-refractivity contribution in [2.75, 3.05) is 26.2 Å². The molecule has 0 aliphatic heterocycles. The average molecular weight is 228 g/mol. The molecule has 2 N–H and O–H groups in total. The van der Waals surface area contributed by atoms with Crippen molar-refractivity contribution in [2.24, 2.45) is 5.92 Å². The molecule has 16 heavy (non-hydrogen) atoms. The molecule has 0 saturated heterocycles. The fourth-order valence-corrected chi connectivity index (χ4v) is 1.83.